The van der Waals surface area contributed by atoms with Gasteiger partial charge in [-0.3, -0.25) is 32.5 Å². The molecule has 0 aromatic carbocycles. The quantitative estimate of drug-likeness (QED) is 0.0146. The van der Waals surface area contributed by atoms with Gasteiger partial charge in [0.15, 0.2) is 6.10 Å². The minimum Gasteiger partial charge on any atom is -0.463 e. The van der Waals surface area contributed by atoms with Crippen molar-refractivity contribution in [3.63, 3.8) is 0 Å². The molecule has 0 saturated carbocycles. The number of esters is 3. The van der Waals surface area contributed by atoms with Crippen molar-refractivity contribution in [1.82, 2.24) is 0 Å². The molecule has 16 nitrogen and oxygen atoms in total. The van der Waals surface area contributed by atoms with E-state index in [4.69, 9.17) is 32.3 Å². The van der Waals surface area contributed by atoms with Gasteiger partial charge in [-0.05, 0) is 109 Å². The molecule has 5 atom stereocenters. The van der Waals surface area contributed by atoms with Gasteiger partial charge in [0.05, 0.1) is 26.4 Å². The predicted molar refractivity (Wildman–Crippen MR) is 473 cm³/mol. The Hall–Kier alpha value is -3.79. The number of aliphatic hydroxyl groups excluding tert-OH is 2. The van der Waals surface area contributed by atoms with E-state index in [0.717, 1.165) is 128 Å². The van der Waals surface area contributed by atoms with Crippen molar-refractivity contribution in [3.05, 3.63) is 109 Å². The number of phosphoric acid groups is 2. The summed E-state index contributed by atoms with van der Waals surface area (Å²) < 4.78 is 61.4. The molecule has 656 valence electrons. The van der Waals surface area contributed by atoms with E-state index in [1.165, 1.54) is 231 Å². The van der Waals surface area contributed by atoms with Crippen LogP contribution in [0.3, 0.4) is 0 Å². The summed E-state index contributed by atoms with van der Waals surface area (Å²) in [6.07, 6.45) is 106. The summed E-state index contributed by atoms with van der Waals surface area (Å²) in [6, 6.07) is 0. The van der Waals surface area contributed by atoms with Crippen molar-refractivity contribution in [2.24, 2.45) is 0 Å². The maximum atomic E-state index is 13.0. The minimum atomic E-state index is -4.93. The van der Waals surface area contributed by atoms with Gasteiger partial charge in [0, 0.05) is 19.3 Å². The highest BCUT2D eigenvalue weighted by molar-refractivity contribution is 7.47. The average molecular weight is 1630 g/mol. The molecule has 0 aromatic heterocycles. The second-order valence-corrected chi connectivity index (χ2v) is 34.0. The highest BCUT2D eigenvalue weighted by Gasteiger charge is 2.29. The smallest absolute Gasteiger partial charge is 0.463 e. The van der Waals surface area contributed by atoms with Crippen LogP contribution in [0, 0.1) is 0 Å². The van der Waals surface area contributed by atoms with Crippen molar-refractivity contribution in [2.45, 2.75) is 437 Å². The number of ether oxygens (including phenoxy) is 3. The lowest BCUT2D eigenvalue weighted by molar-refractivity contribution is -0.161. The summed E-state index contributed by atoms with van der Waals surface area (Å²) in [6.45, 7) is 2.62. The zero-order chi connectivity index (χ0) is 82.2. The summed E-state index contributed by atoms with van der Waals surface area (Å²) in [4.78, 5) is 58.9. The average Bonchev–Trinajstić information content (AvgIpc) is 0.864. The van der Waals surface area contributed by atoms with Gasteiger partial charge in [0.2, 0.25) is 0 Å². The maximum absolute atomic E-state index is 13.0. The summed E-state index contributed by atoms with van der Waals surface area (Å²) in [5.74, 6) is -1.55. The largest absolute Gasteiger partial charge is 0.472 e. The van der Waals surface area contributed by atoms with E-state index in [1.807, 2.05) is 0 Å². The van der Waals surface area contributed by atoms with Crippen LogP contribution in [0.5, 0.6) is 0 Å². The van der Waals surface area contributed by atoms with E-state index in [-0.39, 0.29) is 19.3 Å². The standard InChI is InChI=1S/C95H170O16P2/c1-4-7-10-13-16-19-22-25-28-30-32-34-36-38-40-41-42-43-44-45-46-47-49-51-52-54-56-58-61-63-66-69-72-75-78-81-93(98)105-84-90(96)85-107-112(101,102)108-86-91(97)87-109-113(103,104)110-89-92(111-95(100)83-80-77-74-71-68-65-60-27-24-21-18-15-12-9-6-3)88-106-94(99)82-79-76-73-70-67-64-62-59-57-55-53-50-48-39-37-35-33-31-29-26-23-20-17-14-11-8-5-2/h8,11,16-17,19-20,25-26,28-29,32-35,38-40,48,90-92,96-97H,4-7,9-10,12-15,18,21-24,27,30-31,36-37,41-47,49-89H2,1-3H3,(H,101,102)(H,103,104)/b11-8-,19-16-,20-17-,28-25-,29-26-,34-32-,35-33-,40-38-,48-39-. The lowest BCUT2D eigenvalue weighted by Crippen LogP contribution is -2.30. The molecule has 0 rings (SSSR count). The normalized spacial score (nSPS) is 14.3. The van der Waals surface area contributed by atoms with Crippen LogP contribution in [-0.4, -0.2) is 95.9 Å². The van der Waals surface area contributed by atoms with E-state index in [1.54, 1.807) is 0 Å². The third kappa shape index (κ3) is 88.9. The van der Waals surface area contributed by atoms with Gasteiger partial charge in [0.25, 0.3) is 0 Å². The second kappa shape index (κ2) is 87.5. The number of carbonyl (C=O) groups is 3. The molecule has 4 N–H and O–H groups in total. The molecule has 0 saturated heterocycles. The van der Waals surface area contributed by atoms with Crippen molar-refractivity contribution in [3.8, 4) is 0 Å². The third-order valence-electron chi connectivity index (χ3n) is 20.0. The highest BCUT2D eigenvalue weighted by atomic mass is 31.2. The first-order valence-corrected chi connectivity index (χ1v) is 49.2. The maximum Gasteiger partial charge on any atom is 0.472 e. The molecule has 0 radical (unpaired) electrons. The first-order chi connectivity index (χ1) is 55.2. The van der Waals surface area contributed by atoms with Crippen molar-refractivity contribution < 1.29 is 75.8 Å². The van der Waals surface area contributed by atoms with Crippen molar-refractivity contribution in [2.75, 3.05) is 39.6 Å². The monoisotopic (exact) mass is 1630 g/mol. The van der Waals surface area contributed by atoms with Gasteiger partial charge in [-0.15, -0.1) is 0 Å². The molecule has 0 amide bonds. The van der Waals surface area contributed by atoms with Gasteiger partial charge in [-0.25, -0.2) is 9.13 Å². The SMILES string of the molecule is CC/C=C\C/C=C\C/C=C\C/C=C\C/C=C\CCCCCCCCCCCCCC(=O)OCC(COP(=O)(O)OCC(O)COP(=O)(O)OCC(O)COC(=O)CCCCCCCCCCCCCCCCCCCCC/C=C\C/C=C\C/C=C\C/C=C\CCCCC)OC(=O)CCCCCCCCCCCCCCCCC. The van der Waals surface area contributed by atoms with Crippen LogP contribution in [0.25, 0.3) is 0 Å². The van der Waals surface area contributed by atoms with E-state index >= 15 is 0 Å². The lowest BCUT2D eigenvalue weighted by atomic mass is 10.0. The summed E-state index contributed by atoms with van der Waals surface area (Å²) in [5.41, 5.74) is 0. The molecule has 0 aliphatic rings. The molecule has 0 aliphatic heterocycles. The topological polar surface area (TPSA) is 231 Å². The third-order valence-corrected chi connectivity index (χ3v) is 21.9. The first kappa shape index (κ1) is 109. The molecule has 5 unspecified atom stereocenters. The number of phosphoric ester groups is 2. The fourth-order valence-corrected chi connectivity index (χ4v) is 14.6. The number of hydrogen-bond acceptors (Lipinski definition) is 14. The van der Waals surface area contributed by atoms with E-state index in [2.05, 4.69) is 130 Å². The van der Waals surface area contributed by atoms with Crippen LogP contribution in [0.4, 0.5) is 0 Å². The van der Waals surface area contributed by atoms with Crippen LogP contribution in [0.15, 0.2) is 109 Å². The Labute approximate surface area is 691 Å². The molecule has 0 spiro atoms. The summed E-state index contributed by atoms with van der Waals surface area (Å²) in [5, 5.41) is 20.7. The van der Waals surface area contributed by atoms with Crippen LogP contribution in [-0.2, 0) is 55.8 Å². The zero-order valence-corrected chi connectivity index (χ0v) is 74.1. The molecular formula is C95H170O16P2. The van der Waals surface area contributed by atoms with Gasteiger partial charge in [-0.1, -0.05) is 400 Å². The molecule has 0 bridgehead atoms. The number of carbonyl (C=O) groups excluding carboxylic acids is 3. The number of allylic oxidation sites excluding steroid dienone is 18. The van der Waals surface area contributed by atoms with Crippen molar-refractivity contribution >= 4 is 33.6 Å². The molecule has 113 heavy (non-hydrogen) atoms. The van der Waals surface area contributed by atoms with E-state index < -0.39 is 91.5 Å². The van der Waals surface area contributed by atoms with E-state index in [9.17, 15) is 43.5 Å². The van der Waals surface area contributed by atoms with Crippen LogP contribution >= 0.6 is 15.6 Å². The fourth-order valence-electron chi connectivity index (χ4n) is 13.0. The Morgan fingerprint density at radius 2 is 0.469 bits per heavy atom. The van der Waals surface area contributed by atoms with Crippen LogP contribution in [0.2, 0.25) is 0 Å². The van der Waals surface area contributed by atoms with E-state index in [0.29, 0.717) is 19.3 Å². The number of unbranched alkanes of at least 4 members (excludes halogenated alkanes) is 47. The number of rotatable bonds is 88. The molecule has 0 heterocycles. The van der Waals surface area contributed by atoms with Gasteiger partial charge in [0.1, 0.15) is 25.4 Å². The van der Waals surface area contributed by atoms with Gasteiger partial charge < -0.3 is 34.2 Å². The highest BCUT2D eigenvalue weighted by Crippen LogP contribution is 2.45. The molecule has 18 heteroatoms. The Morgan fingerprint density at radius 1 is 0.257 bits per heavy atom. The molecular weight excluding hydrogens is 1460 g/mol. The number of hydrogen-bond donors (Lipinski definition) is 4. The van der Waals surface area contributed by atoms with Crippen LogP contribution < -0.4 is 0 Å². The minimum absolute atomic E-state index is 0.108. The van der Waals surface area contributed by atoms with Crippen molar-refractivity contribution in [1.29, 1.82) is 0 Å². The number of aliphatic hydroxyl groups is 2. The summed E-state index contributed by atoms with van der Waals surface area (Å²) in [7, 11) is -9.79. The fraction of sp³-hybridized carbons (Fsp3) is 0.779. The molecule has 0 aliphatic carbocycles. The summed E-state index contributed by atoms with van der Waals surface area (Å²) >= 11 is 0. The van der Waals surface area contributed by atoms with Gasteiger partial charge in [-0.2, -0.15) is 0 Å². The zero-order valence-electron chi connectivity index (χ0n) is 72.3. The second-order valence-electron chi connectivity index (χ2n) is 31.1. The predicted octanol–water partition coefficient (Wildman–Crippen LogP) is 28.2. The molecule has 0 fully saturated rings. The Kier molecular flexibility index (Phi) is 84.6. The van der Waals surface area contributed by atoms with Gasteiger partial charge >= 0.3 is 33.6 Å². The van der Waals surface area contributed by atoms with Crippen LogP contribution in [0.1, 0.15) is 419 Å². The Balaban J connectivity index is 4.41. The lowest BCUT2D eigenvalue weighted by Gasteiger charge is -2.21. The Bertz CT molecular complexity index is 2490. The first-order valence-electron chi connectivity index (χ1n) is 46.2. The molecule has 0 aromatic rings. The Morgan fingerprint density at radius 3 is 0.761 bits per heavy atom.